The molecule has 2 aromatic rings. The van der Waals surface area contributed by atoms with Gasteiger partial charge in [0, 0.05) is 5.02 Å². The van der Waals surface area contributed by atoms with E-state index in [2.05, 4.69) is 5.10 Å². The molecule has 78 valence electrons. The molecule has 4 heteroatoms. The zero-order valence-electron chi connectivity index (χ0n) is 8.53. The van der Waals surface area contributed by atoms with Crippen LogP contribution < -0.4 is 0 Å². The second kappa shape index (κ2) is 3.59. The number of aromatic nitrogens is 2. The highest BCUT2D eigenvalue weighted by molar-refractivity contribution is 6.30. The third-order valence-electron chi connectivity index (χ3n) is 2.32. The highest BCUT2D eigenvalue weighted by atomic mass is 35.5. The van der Waals surface area contributed by atoms with E-state index in [9.17, 15) is 5.11 Å². The lowest BCUT2D eigenvalue weighted by molar-refractivity contribution is 0.466. The summed E-state index contributed by atoms with van der Waals surface area (Å²) in [4.78, 5) is 0. The molecule has 0 bridgehead atoms. The van der Waals surface area contributed by atoms with E-state index in [1.807, 2.05) is 19.1 Å². The van der Waals surface area contributed by atoms with E-state index in [0.29, 0.717) is 10.7 Å². The Balaban J connectivity index is 2.54. The smallest absolute Gasteiger partial charge is 0.159 e. The van der Waals surface area contributed by atoms with Crippen LogP contribution in [0.25, 0.3) is 5.69 Å². The Morgan fingerprint density at radius 1 is 1.20 bits per heavy atom. The summed E-state index contributed by atoms with van der Waals surface area (Å²) in [6.45, 7) is 3.60. The van der Waals surface area contributed by atoms with Gasteiger partial charge in [-0.25, -0.2) is 4.68 Å². The van der Waals surface area contributed by atoms with Crippen LogP contribution in [0.1, 0.15) is 11.4 Å². The van der Waals surface area contributed by atoms with Crippen LogP contribution in [-0.4, -0.2) is 14.9 Å². The molecule has 1 heterocycles. The highest BCUT2D eigenvalue weighted by Crippen LogP contribution is 2.23. The zero-order valence-corrected chi connectivity index (χ0v) is 9.28. The van der Waals surface area contributed by atoms with Crippen molar-refractivity contribution in [1.82, 2.24) is 9.78 Å². The first-order valence-corrected chi connectivity index (χ1v) is 4.98. The van der Waals surface area contributed by atoms with Gasteiger partial charge >= 0.3 is 0 Å². The fourth-order valence-electron chi connectivity index (χ4n) is 1.47. The van der Waals surface area contributed by atoms with Gasteiger partial charge in [0.05, 0.1) is 11.4 Å². The summed E-state index contributed by atoms with van der Waals surface area (Å²) in [7, 11) is 0. The molecule has 0 aliphatic heterocycles. The molecular weight excluding hydrogens is 212 g/mol. The average molecular weight is 223 g/mol. The third-order valence-corrected chi connectivity index (χ3v) is 2.58. The second-order valence-corrected chi connectivity index (χ2v) is 3.84. The minimum Gasteiger partial charge on any atom is -0.504 e. The van der Waals surface area contributed by atoms with Crippen molar-refractivity contribution in [2.24, 2.45) is 0 Å². The Labute approximate surface area is 92.9 Å². The lowest BCUT2D eigenvalue weighted by Crippen LogP contribution is -1.98. The van der Waals surface area contributed by atoms with Gasteiger partial charge in [0.1, 0.15) is 5.69 Å². The molecule has 0 saturated carbocycles. The van der Waals surface area contributed by atoms with Crippen molar-refractivity contribution in [3.63, 3.8) is 0 Å². The summed E-state index contributed by atoms with van der Waals surface area (Å²) in [6.07, 6.45) is 0. The summed E-state index contributed by atoms with van der Waals surface area (Å²) in [6, 6.07) is 7.32. The van der Waals surface area contributed by atoms with Gasteiger partial charge in [-0.3, -0.25) is 0 Å². The Morgan fingerprint density at radius 3 is 2.27 bits per heavy atom. The zero-order chi connectivity index (χ0) is 11.0. The first kappa shape index (κ1) is 10.1. The summed E-state index contributed by atoms with van der Waals surface area (Å²) in [5.41, 5.74) is 2.25. The third kappa shape index (κ3) is 1.70. The summed E-state index contributed by atoms with van der Waals surface area (Å²) in [5, 5.41) is 14.6. The topological polar surface area (TPSA) is 38.0 Å². The Morgan fingerprint density at radius 2 is 1.80 bits per heavy atom. The molecule has 1 aromatic heterocycles. The van der Waals surface area contributed by atoms with Crippen molar-refractivity contribution >= 4 is 11.6 Å². The second-order valence-electron chi connectivity index (χ2n) is 3.41. The fourth-order valence-corrected chi connectivity index (χ4v) is 1.59. The monoisotopic (exact) mass is 222 g/mol. The lowest BCUT2D eigenvalue weighted by Gasteiger charge is -2.03. The van der Waals surface area contributed by atoms with Gasteiger partial charge in [0.2, 0.25) is 0 Å². The first-order chi connectivity index (χ1) is 7.09. The standard InChI is InChI=1S/C11H11ClN2O/c1-7-11(15)8(2)14(13-7)10-5-3-9(12)4-6-10/h3-6,15H,1-2H3. The van der Waals surface area contributed by atoms with Gasteiger partial charge in [-0.15, -0.1) is 0 Å². The van der Waals surface area contributed by atoms with E-state index in [1.165, 1.54) is 0 Å². The van der Waals surface area contributed by atoms with Crippen LogP contribution in [0.5, 0.6) is 5.75 Å². The molecule has 1 aromatic carbocycles. The van der Waals surface area contributed by atoms with Crippen molar-refractivity contribution in [3.05, 3.63) is 40.7 Å². The van der Waals surface area contributed by atoms with E-state index in [-0.39, 0.29) is 5.75 Å². The predicted molar refractivity (Wildman–Crippen MR) is 59.7 cm³/mol. The molecule has 15 heavy (non-hydrogen) atoms. The van der Waals surface area contributed by atoms with Crippen LogP contribution in [0.4, 0.5) is 0 Å². The minimum atomic E-state index is 0.241. The Bertz CT molecular complexity index is 488. The van der Waals surface area contributed by atoms with Crippen LogP contribution in [0.2, 0.25) is 5.02 Å². The normalized spacial score (nSPS) is 10.6. The number of aromatic hydroxyl groups is 1. The number of benzene rings is 1. The molecule has 2 rings (SSSR count). The van der Waals surface area contributed by atoms with Gasteiger partial charge in [0.25, 0.3) is 0 Å². The quantitative estimate of drug-likeness (QED) is 0.806. The van der Waals surface area contributed by atoms with Gasteiger partial charge in [-0.1, -0.05) is 11.6 Å². The van der Waals surface area contributed by atoms with E-state index in [4.69, 9.17) is 11.6 Å². The van der Waals surface area contributed by atoms with Crippen molar-refractivity contribution in [2.75, 3.05) is 0 Å². The molecule has 0 aliphatic rings. The Hall–Kier alpha value is -1.48. The number of halogens is 1. The van der Waals surface area contributed by atoms with Gasteiger partial charge in [-0.05, 0) is 38.1 Å². The van der Waals surface area contributed by atoms with Crippen LogP contribution in [0, 0.1) is 13.8 Å². The molecule has 0 amide bonds. The largest absolute Gasteiger partial charge is 0.504 e. The number of hydrogen-bond acceptors (Lipinski definition) is 2. The number of nitrogens with zero attached hydrogens (tertiary/aromatic N) is 2. The van der Waals surface area contributed by atoms with Crippen molar-refractivity contribution in [1.29, 1.82) is 0 Å². The fraction of sp³-hybridized carbons (Fsp3) is 0.182. The summed E-state index contributed by atoms with van der Waals surface area (Å²) in [5.74, 6) is 0.241. The SMILES string of the molecule is Cc1nn(-c2ccc(Cl)cc2)c(C)c1O. The lowest BCUT2D eigenvalue weighted by atomic mass is 10.3. The predicted octanol–water partition coefficient (Wildman–Crippen LogP) is 2.85. The molecule has 0 spiro atoms. The molecule has 0 unspecified atom stereocenters. The van der Waals surface area contributed by atoms with Gasteiger partial charge in [0.15, 0.2) is 5.75 Å². The van der Waals surface area contributed by atoms with Gasteiger partial charge in [-0.2, -0.15) is 5.10 Å². The number of aryl methyl sites for hydroxylation is 1. The van der Waals surface area contributed by atoms with Crippen LogP contribution in [0.15, 0.2) is 24.3 Å². The average Bonchev–Trinajstić information content (AvgIpc) is 2.47. The Kier molecular flexibility index (Phi) is 2.40. The molecule has 0 radical (unpaired) electrons. The van der Waals surface area contributed by atoms with Crippen LogP contribution >= 0.6 is 11.6 Å². The van der Waals surface area contributed by atoms with Crippen molar-refractivity contribution in [2.45, 2.75) is 13.8 Å². The van der Waals surface area contributed by atoms with E-state index in [1.54, 1.807) is 23.7 Å². The van der Waals surface area contributed by atoms with E-state index in [0.717, 1.165) is 11.4 Å². The summed E-state index contributed by atoms with van der Waals surface area (Å²) >= 11 is 5.80. The molecular formula is C11H11ClN2O. The van der Waals surface area contributed by atoms with Gasteiger partial charge < -0.3 is 5.11 Å². The summed E-state index contributed by atoms with van der Waals surface area (Å²) < 4.78 is 1.70. The van der Waals surface area contributed by atoms with Crippen LogP contribution in [0.3, 0.4) is 0 Å². The van der Waals surface area contributed by atoms with Crippen molar-refractivity contribution < 1.29 is 5.11 Å². The van der Waals surface area contributed by atoms with E-state index < -0.39 is 0 Å². The molecule has 0 atom stereocenters. The maximum atomic E-state index is 9.63. The molecule has 0 saturated heterocycles. The molecule has 1 N–H and O–H groups in total. The molecule has 0 fully saturated rings. The molecule has 3 nitrogen and oxygen atoms in total. The number of rotatable bonds is 1. The van der Waals surface area contributed by atoms with Crippen molar-refractivity contribution in [3.8, 4) is 11.4 Å². The first-order valence-electron chi connectivity index (χ1n) is 4.60. The molecule has 0 aliphatic carbocycles. The van der Waals surface area contributed by atoms with E-state index >= 15 is 0 Å². The maximum Gasteiger partial charge on any atom is 0.159 e. The maximum absolute atomic E-state index is 9.63. The number of hydrogen-bond donors (Lipinski definition) is 1. The van der Waals surface area contributed by atoms with Crippen LogP contribution in [-0.2, 0) is 0 Å². The minimum absolute atomic E-state index is 0.241. The highest BCUT2D eigenvalue weighted by Gasteiger charge is 2.10.